The molecule has 0 radical (unpaired) electrons. The summed E-state index contributed by atoms with van der Waals surface area (Å²) in [6.07, 6.45) is 1.63. The molecule has 4 rings (SSSR count). The van der Waals surface area contributed by atoms with E-state index in [9.17, 15) is 9.59 Å². The van der Waals surface area contributed by atoms with Crippen LogP contribution in [0.4, 0.5) is 0 Å². The summed E-state index contributed by atoms with van der Waals surface area (Å²) in [5.74, 6) is -0.550. The van der Waals surface area contributed by atoms with Gasteiger partial charge in [0.25, 0.3) is 5.56 Å². The lowest BCUT2D eigenvalue weighted by Gasteiger charge is -2.06. The minimum atomic E-state index is -0.638. The van der Waals surface area contributed by atoms with Gasteiger partial charge >= 0.3 is 5.97 Å². The van der Waals surface area contributed by atoms with Gasteiger partial charge in [0.1, 0.15) is 17.8 Å². The largest absolute Gasteiger partial charge is 0.453 e. The number of aromatic nitrogens is 2. The maximum absolute atomic E-state index is 12.6. The number of para-hydroxylation sites is 1. The van der Waals surface area contributed by atoms with Crippen molar-refractivity contribution in [1.29, 1.82) is 0 Å². The molecule has 0 atom stereocenters. The molecule has 8 heteroatoms. The molecule has 0 amide bonds. The van der Waals surface area contributed by atoms with E-state index in [0.29, 0.717) is 22.5 Å². The Balaban J connectivity index is 1.60. The summed E-state index contributed by atoms with van der Waals surface area (Å²) in [6, 6.07) is 12.1. The number of esters is 1. The number of ether oxygens (including phenoxy) is 2. The van der Waals surface area contributed by atoms with E-state index in [4.69, 9.17) is 13.9 Å². The van der Waals surface area contributed by atoms with Gasteiger partial charge < -0.3 is 13.9 Å². The average molecular weight is 443 g/mol. The molecule has 28 heavy (non-hydrogen) atoms. The normalized spacial score (nSPS) is 11.2. The van der Waals surface area contributed by atoms with Crippen LogP contribution in [0.25, 0.3) is 16.6 Å². The van der Waals surface area contributed by atoms with Gasteiger partial charge in [-0.15, -0.1) is 0 Å². The van der Waals surface area contributed by atoms with Crippen molar-refractivity contribution in [2.75, 3.05) is 7.11 Å². The molecule has 4 aromatic rings. The van der Waals surface area contributed by atoms with Crippen LogP contribution in [0.5, 0.6) is 0 Å². The zero-order valence-corrected chi connectivity index (χ0v) is 16.4. The SMILES string of the molecule is COCc1c(C(=O)OCc2cc(=O)n3cc(Br)ccc3n2)oc2ccccc12. The van der Waals surface area contributed by atoms with Crippen LogP contribution in [-0.2, 0) is 22.7 Å². The predicted molar refractivity (Wildman–Crippen MR) is 105 cm³/mol. The van der Waals surface area contributed by atoms with Crippen LogP contribution in [0.1, 0.15) is 21.8 Å². The first-order valence-electron chi connectivity index (χ1n) is 8.41. The van der Waals surface area contributed by atoms with Gasteiger partial charge in [0, 0.05) is 34.8 Å². The van der Waals surface area contributed by atoms with E-state index in [0.717, 1.165) is 9.86 Å². The standard InChI is InChI=1S/C20H15BrN2O5/c1-26-11-15-14-4-2-3-5-16(14)28-19(15)20(25)27-10-13-8-18(24)23-9-12(21)6-7-17(23)22-13/h2-9H,10-11H2,1H3. The fraction of sp³-hybridized carbons (Fsp3) is 0.150. The third kappa shape index (κ3) is 3.44. The summed E-state index contributed by atoms with van der Waals surface area (Å²) in [6.45, 7) is 0.0655. The second-order valence-corrected chi connectivity index (χ2v) is 6.99. The average Bonchev–Trinajstić information content (AvgIpc) is 3.06. The second-order valence-electron chi connectivity index (χ2n) is 6.08. The van der Waals surface area contributed by atoms with Gasteiger partial charge in [-0.05, 0) is 34.1 Å². The highest BCUT2D eigenvalue weighted by molar-refractivity contribution is 9.10. The Hall–Kier alpha value is -2.97. The first-order valence-corrected chi connectivity index (χ1v) is 9.20. The van der Waals surface area contributed by atoms with E-state index in [1.54, 1.807) is 31.5 Å². The van der Waals surface area contributed by atoms with Crippen LogP contribution in [0.2, 0.25) is 0 Å². The van der Waals surface area contributed by atoms with Crippen molar-refractivity contribution in [3.05, 3.63) is 80.5 Å². The van der Waals surface area contributed by atoms with Crippen molar-refractivity contribution in [3.8, 4) is 0 Å². The molecule has 142 valence electrons. The van der Waals surface area contributed by atoms with Crippen molar-refractivity contribution in [1.82, 2.24) is 9.38 Å². The lowest BCUT2D eigenvalue weighted by atomic mass is 10.1. The van der Waals surface area contributed by atoms with E-state index in [1.165, 1.54) is 10.5 Å². The van der Waals surface area contributed by atoms with Gasteiger partial charge in [-0.3, -0.25) is 9.20 Å². The molecule has 0 saturated heterocycles. The number of benzene rings is 1. The quantitative estimate of drug-likeness (QED) is 0.438. The molecule has 3 aromatic heterocycles. The Kier molecular flexibility index (Phi) is 4.97. The minimum Gasteiger partial charge on any atom is -0.453 e. The van der Waals surface area contributed by atoms with Crippen LogP contribution in [0.15, 0.2) is 62.3 Å². The van der Waals surface area contributed by atoms with Crippen LogP contribution >= 0.6 is 15.9 Å². The van der Waals surface area contributed by atoms with Gasteiger partial charge in [-0.1, -0.05) is 18.2 Å². The van der Waals surface area contributed by atoms with Gasteiger partial charge in [-0.2, -0.15) is 0 Å². The lowest BCUT2D eigenvalue weighted by Crippen LogP contribution is -2.16. The van der Waals surface area contributed by atoms with E-state index < -0.39 is 5.97 Å². The number of carbonyl (C=O) groups is 1. The Morgan fingerprint density at radius 1 is 1.21 bits per heavy atom. The molecule has 0 saturated carbocycles. The first kappa shape index (κ1) is 18.4. The summed E-state index contributed by atoms with van der Waals surface area (Å²) in [5, 5.41) is 0.795. The summed E-state index contributed by atoms with van der Waals surface area (Å²) < 4.78 is 18.4. The number of halogens is 1. The number of methoxy groups -OCH3 is 1. The van der Waals surface area contributed by atoms with Crippen LogP contribution in [0, 0.1) is 0 Å². The second kappa shape index (κ2) is 7.57. The van der Waals surface area contributed by atoms with Gasteiger partial charge in [0.05, 0.1) is 12.3 Å². The zero-order valence-electron chi connectivity index (χ0n) is 14.8. The highest BCUT2D eigenvalue weighted by atomic mass is 79.9. The van der Waals surface area contributed by atoms with Gasteiger partial charge in [0.15, 0.2) is 0 Å². The number of rotatable bonds is 5. The maximum Gasteiger partial charge on any atom is 0.375 e. The summed E-state index contributed by atoms with van der Waals surface area (Å²) in [5.41, 5.74) is 1.76. The molecule has 1 aromatic carbocycles. The Morgan fingerprint density at radius 2 is 2.04 bits per heavy atom. The molecule has 0 aliphatic heterocycles. The summed E-state index contributed by atoms with van der Waals surface area (Å²) in [4.78, 5) is 29.2. The van der Waals surface area contributed by atoms with Crippen molar-refractivity contribution < 1.29 is 18.7 Å². The molecular weight excluding hydrogens is 428 g/mol. The molecule has 0 aliphatic carbocycles. The molecule has 0 bridgehead atoms. The smallest absolute Gasteiger partial charge is 0.375 e. The monoisotopic (exact) mass is 442 g/mol. The molecule has 0 unspecified atom stereocenters. The van der Waals surface area contributed by atoms with Crippen molar-refractivity contribution in [3.63, 3.8) is 0 Å². The molecular formula is C20H15BrN2O5. The van der Waals surface area contributed by atoms with Crippen LogP contribution < -0.4 is 5.56 Å². The third-order valence-corrected chi connectivity index (χ3v) is 4.67. The van der Waals surface area contributed by atoms with Crippen molar-refractivity contribution in [2.45, 2.75) is 13.2 Å². The Morgan fingerprint density at radius 3 is 2.86 bits per heavy atom. The Labute approximate surface area is 167 Å². The highest BCUT2D eigenvalue weighted by Crippen LogP contribution is 2.27. The molecule has 0 N–H and O–H groups in total. The van der Waals surface area contributed by atoms with Gasteiger partial charge in [-0.25, -0.2) is 9.78 Å². The first-order chi connectivity index (χ1) is 13.6. The number of carbonyl (C=O) groups excluding carboxylic acids is 1. The Bertz CT molecular complexity index is 1240. The maximum atomic E-state index is 12.6. The number of hydrogen-bond acceptors (Lipinski definition) is 6. The van der Waals surface area contributed by atoms with Gasteiger partial charge in [0.2, 0.25) is 5.76 Å². The summed E-state index contributed by atoms with van der Waals surface area (Å²) >= 11 is 3.32. The van der Waals surface area contributed by atoms with E-state index >= 15 is 0 Å². The van der Waals surface area contributed by atoms with Crippen LogP contribution in [-0.4, -0.2) is 22.5 Å². The lowest BCUT2D eigenvalue weighted by molar-refractivity contribution is 0.0427. The molecule has 0 fully saturated rings. The molecule has 3 heterocycles. The number of nitrogens with zero attached hydrogens (tertiary/aromatic N) is 2. The number of hydrogen-bond donors (Lipinski definition) is 0. The van der Waals surface area contributed by atoms with E-state index in [-0.39, 0.29) is 24.5 Å². The number of furan rings is 1. The molecule has 0 spiro atoms. The highest BCUT2D eigenvalue weighted by Gasteiger charge is 2.22. The van der Waals surface area contributed by atoms with E-state index in [1.807, 2.05) is 18.2 Å². The van der Waals surface area contributed by atoms with Crippen molar-refractivity contribution >= 4 is 38.5 Å². The zero-order chi connectivity index (χ0) is 19.7. The minimum absolute atomic E-state index is 0.0875. The molecule has 7 nitrogen and oxygen atoms in total. The topological polar surface area (TPSA) is 83.0 Å². The van der Waals surface area contributed by atoms with E-state index in [2.05, 4.69) is 20.9 Å². The number of fused-ring (bicyclic) bond motifs is 2. The molecule has 0 aliphatic rings. The fourth-order valence-corrected chi connectivity index (χ4v) is 3.29. The predicted octanol–water partition coefficient (Wildman–Crippen LogP) is 3.71. The number of pyridine rings is 1. The van der Waals surface area contributed by atoms with Crippen molar-refractivity contribution in [2.24, 2.45) is 0 Å². The van der Waals surface area contributed by atoms with Crippen LogP contribution in [0.3, 0.4) is 0 Å². The fourth-order valence-electron chi connectivity index (χ4n) is 2.96. The third-order valence-electron chi connectivity index (χ3n) is 4.20. The summed E-state index contributed by atoms with van der Waals surface area (Å²) in [7, 11) is 1.54.